The molecular formula is C18H13BrClNO3. The maximum Gasteiger partial charge on any atom is 0.338 e. The number of methoxy groups -OCH3 is 1. The van der Waals surface area contributed by atoms with Crippen molar-refractivity contribution in [1.82, 2.24) is 0 Å². The van der Waals surface area contributed by atoms with E-state index >= 15 is 0 Å². The number of benzene rings is 2. The maximum atomic E-state index is 12.7. The number of carbonyl (C=O) groups is 2. The third-order valence-electron chi connectivity index (χ3n) is 3.77. The van der Waals surface area contributed by atoms with Crippen LogP contribution >= 0.6 is 27.5 Å². The number of fused-ring (bicyclic) bond motifs is 1. The van der Waals surface area contributed by atoms with Crippen LogP contribution in [0.1, 0.15) is 11.1 Å². The van der Waals surface area contributed by atoms with Crippen LogP contribution in [0.3, 0.4) is 0 Å². The van der Waals surface area contributed by atoms with Crippen molar-refractivity contribution in [3.63, 3.8) is 0 Å². The molecule has 6 heteroatoms. The number of anilines is 1. The zero-order valence-electron chi connectivity index (χ0n) is 12.7. The Morgan fingerprint density at radius 2 is 1.88 bits per heavy atom. The smallest absolute Gasteiger partial charge is 0.338 e. The van der Waals surface area contributed by atoms with E-state index in [0.717, 1.165) is 15.6 Å². The van der Waals surface area contributed by atoms with Crippen molar-refractivity contribution < 1.29 is 14.3 Å². The summed E-state index contributed by atoms with van der Waals surface area (Å²) in [7, 11) is 1.31. The fourth-order valence-electron chi connectivity index (χ4n) is 2.66. The summed E-state index contributed by atoms with van der Waals surface area (Å²) in [5, 5.41) is 3.38. The molecule has 0 unspecified atom stereocenters. The van der Waals surface area contributed by atoms with Gasteiger partial charge in [0.1, 0.15) is 0 Å². The molecule has 3 rings (SSSR count). The zero-order chi connectivity index (χ0) is 17.3. The minimum atomic E-state index is -0.516. The van der Waals surface area contributed by atoms with Crippen molar-refractivity contribution in [3.05, 3.63) is 68.7 Å². The highest BCUT2D eigenvalue weighted by atomic mass is 79.9. The minimum Gasteiger partial charge on any atom is -0.465 e. The Morgan fingerprint density at radius 3 is 2.54 bits per heavy atom. The first-order valence-corrected chi connectivity index (χ1v) is 8.34. The molecular weight excluding hydrogens is 394 g/mol. The van der Waals surface area contributed by atoms with Gasteiger partial charge in [0.2, 0.25) is 0 Å². The number of nitrogens with one attached hydrogen (secondary N) is 1. The van der Waals surface area contributed by atoms with E-state index in [9.17, 15) is 9.59 Å². The molecule has 1 N–H and O–H groups in total. The molecule has 0 bridgehead atoms. The van der Waals surface area contributed by atoms with E-state index in [2.05, 4.69) is 21.2 Å². The highest BCUT2D eigenvalue weighted by Gasteiger charge is 2.31. The van der Waals surface area contributed by atoms with Crippen molar-refractivity contribution >= 4 is 50.7 Å². The van der Waals surface area contributed by atoms with Gasteiger partial charge in [-0.05, 0) is 47.5 Å². The number of ether oxygens (including phenoxy) is 1. The van der Waals surface area contributed by atoms with Gasteiger partial charge in [-0.1, -0.05) is 33.6 Å². The van der Waals surface area contributed by atoms with E-state index in [4.69, 9.17) is 16.3 Å². The number of amides is 1. The van der Waals surface area contributed by atoms with Gasteiger partial charge in [0.15, 0.2) is 0 Å². The van der Waals surface area contributed by atoms with Crippen LogP contribution in [0.4, 0.5) is 5.69 Å². The molecule has 0 aliphatic heterocycles. The second-order valence-electron chi connectivity index (χ2n) is 5.28. The fraction of sp³-hybridized carbons (Fsp3) is 0.111. The van der Waals surface area contributed by atoms with Crippen LogP contribution in [0.2, 0.25) is 5.02 Å². The quantitative estimate of drug-likeness (QED) is 0.776. The largest absolute Gasteiger partial charge is 0.465 e. The molecule has 0 heterocycles. The molecule has 24 heavy (non-hydrogen) atoms. The Morgan fingerprint density at radius 1 is 1.17 bits per heavy atom. The Labute approximate surface area is 152 Å². The van der Waals surface area contributed by atoms with Gasteiger partial charge in [-0.2, -0.15) is 0 Å². The SMILES string of the molecule is COC(=O)C1=C(C(=O)Nc2ccc(Cl)cc2)Cc2cc(Br)ccc21. The lowest BCUT2D eigenvalue weighted by Crippen LogP contribution is -2.17. The van der Waals surface area contributed by atoms with Gasteiger partial charge < -0.3 is 10.1 Å². The first-order chi connectivity index (χ1) is 11.5. The predicted octanol–water partition coefficient (Wildman–Crippen LogP) is 4.22. The molecule has 0 aromatic heterocycles. The first-order valence-electron chi connectivity index (χ1n) is 7.17. The minimum absolute atomic E-state index is 0.312. The molecule has 0 saturated heterocycles. The number of rotatable bonds is 3. The molecule has 0 atom stereocenters. The number of carbonyl (C=O) groups excluding carboxylic acids is 2. The van der Waals surface area contributed by atoms with Gasteiger partial charge >= 0.3 is 5.97 Å². The van der Waals surface area contributed by atoms with Gasteiger partial charge in [-0.3, -0.25) is 4.79 Å². The van der Waals surface area contributed by atoms with Gasteiger partial charge in [0.05, 0.1) is 12.7 Å². The molecule has 0 saturated carbocycles. The summed E-state index contributed by atoms with van der Waals surface area (Å²) in [6.45, 7) is 0. The molecule has 0 radical (unpaired) electrons. The zero-order valence-corrected chi connectivity index (χ0v) is 15.1. The molecule has 0 spiro atoms. The van der Waals surface area contributed by atoms with Gasteiger partial charge in [0, 0.05) is 27.2 Å². The van der Waals surface area contributed by atoms with Gasteiger partial charge in [-0.15, -0.1) is 0 Å². The predicted molar refractivity (Wildman–Crippen MR) is 96.9 cm³/mol. The van der Waals surface area contributed by atoms with Crippen LogP contribution in [0, 0.1) is 0 Å². The lowest BCUT2D eigenvalue weighted by Gasteiger charge is -2.08. The lowest BCUT2D eigenvalue weighted by molar-refractivity contribution is -0.133. The highest BCUT2D eigenvalue weighted by molar-refractivity contribution is 9.10. The van der Waals surface area contributed by atoms with Crippen LogP contribution in [-0.4, -0.2) is 19.0 Å². The van der Waals surface area contributed by atoms with E-state index in [1.165, 1.54) is 7.11 Å². The van der Waals surface area contributed by atoms with Crippen molar-refractivity contribution in [2.45, 2.75) is 6.42 Å². The number of esters is 1. The second-order valence-corrected chi connectivity index (χ2v) is 6.64. The van der Waals surface area contributed by atoms with E-state index in [0.29, 0.717) is 28.3 Å². The average Bonchev–Trinajstić information content (AvgIpc) is 2.94. The molecule has 2 aromatic rings. The Balaban J connectivity index is 1.96. The number of hydrogen-bond acceptors (Lipinski definition) is 3. The third kappa shape index (κ3) is 3.23. The number of halogens is 2. The Hall–Kier alpha value is -2.11. The molecule has 1 amide bonds. The summed E-state index contributed by atoms with van der Waals surface area (Å²) in [6.07, 6.45) is 0.374. The van der Waals surface area contributed by atoms with Crippen molar-refractivity contribution in [3.8, 4) is 0 Å². The van der Waals surface area contributed by atoms with Gasteiger partial charge in [0.25, 0.3) is 5.91 Å². The summed E-state index contributed by atoms with van der Waals surface area (Å²) < 4.78 is 5.75. The summed E-state index contributed by atoms with van der Waals surface area (Å²) in [4.78, 5) is 24.8. The molecule has 2 aromatic carbocycles. The van der Waals surface area contributed by atoms with Crippen LogP contribution < -0.4 is 5.32 Å². The van der Waals surface area contributed by atoms with Crippen LogP contribution in [0.25, 0.3) is 5.57 Å². The van der Waals surface area contributed by atoms with Gasteiger partial charge in [-0.25, -0.2) is 4.79 Å². The monoisotopic (exact) mass is 405 g/mol. The lowest BCUT2D eigenvalue weighted by atomic mass is 10.1. The van der Waals surface area contributed by atoms with Crippen molar-refractivity contribution in [2.75, 3.05) is 12.4 Å². The molecule has 1 aliphatic carbocycles. The number of hydrogen-bond donors (Lipinski definition) is 1. The second kappa shape index (κ2) is 6.79. The molecule has 1 aliphatic rings. The molecule has 4 nitrogen and oxygen atoms in total. The third-order valence-corrected chi connectivity index (χ3v) is 4.52. The average molecular weight is 407 g/mol. The van der Waals surface area contributed by atoms with Crippen LogP contribution in [-0.2, 0) is 20.7 Å². The molecule has 0 fully saturated rings. The normalized spacial score (nSPS) is 12.8. The molecule has 122 valence electrons. The summed E-state index contributed by atoms with van der Waals surface area (Å²) >= 11 is 9.26. The van der Waals surface area contributed by atoms with Crippen LogP contribution in [0.15, 0.2) is 52.5 Å². The van der Waals surface area contributed by atoms with Crippen molar-refractivity contribution in [1.29, 1.82) is 0 Å². The first kappa shape index (κ1) is 16.7. The Bertz CT molecular complexity index is 859. The highest BCUT2D eigenvalue weighted by Crippen LogP contribution is 2.35. The van der Waals surface area contributed by atoms with E-state index < -0.39 is 5.97 Å². The summed E-state index contributed by atoms with van der Waals surface area (Å²) in [6, 6.07) is 12.3. The topological polar surface area (TPSA) is 55.4 Å². The maximum absolute atomic E-state index is 12.7. The summed E-state index contributed by atoms with van der Waals surface area (Å²) in [5.41, 5.74) is 2.95. The summed E-state index contributed by atoms with van der Waals surface area (Å²) in [5.74, 6) is -0.845. The van der Waals surface area contributed by atoms with Crippen LogP contribution in [0.5, 0.6) is 0 Å². The Kier molecular flexibility index (Phi) is 4.73. The van der Waals surface area contributed by atoms with Crippen molar-refractivity contribution in [2.24, 2.45) is 0 Å². The fourth-order valence-corrected chi connectivity index (χ4v) is 3.20. The standard InChI is InChI=1S/C18H13BrClNO3/c1-24-18(23)16-14-7-2-11(19)8-10(14)9-15(16)17(22)21-13-5-3-12(20)4-6-13/h2-8H,9H2,1H3,(H,21,22). The van der Waals surface area contributed by atoms with E-state index in [1.807, 2.05) is 18.2 Å². The van der Waals surface area contributed by atoms with E-state index in [-0.39, 0.29) is 5.91 Å². The van der Waals surface area contributed by atoms with E-state index in [1.54, 1.807) is 24.3 Å².